The number of hydrogen-bond donors (Lipinski definition) is 5. The van der Waals surface area contributed by atoms with E-state index in [1.165, 1.54) is 31.2 Å². The Balaban J connectivity index is 0.000000356. The van der Waals surface area contributed by atoms with E-state index in [-0.39, 0.29) is 68.5 Å². The van der Waals surface area contributed by atoms with Crippen LogP contribution in [-0.2, 0) is 44.8 Å². The zero-order chi connectivity index (χ0) is 49.9. The summed E-state index contributed by atoms with van der Waals surface area (Å²) in [5, 5.41) is 33.4. The van der Waals surface area contributed by atoms with Gasteiger partial charge in [0.15, 0.2) is 5.78 Å². The van der Waals surface area contributed by atoms with Crippen molar-refractivity contribution in [1.29, 1.82) is 0 Å². The van der Waals surface area contributed by atoms with Crippen molar-refractivity contribution in [2.45, 2.75) is 57.7 Å². The molecule has 0 bridgehead atoms. The molecular formula is C46H56Cl4N4O14. The van der Waals surface area contributed by atoms with E-state index >= 15 is 0 Å². The summed E-state index contributed by atoms with van der Waals surface area (Å²) < 4.78 is 27.4. The number of carbonyl (C=O) groups excluding carboxylic acids is 3. The molecule has 2 amide bonds. The first-order valence-corrected chi connectivity index (χ1v) is 23.2. The number of rotatable bonds is 22. The highest BCUT2D eigenvalue weighted by Gasteiger charge is 2.43. The highest BCUT2D eigenvalue weighted by Crippen LogP contribution is 2.44. The molecule has 2 aliphatic heterocycles. The van der Waals surface area contributed by atoms with E-state index in [9.17, 15) is 39.0 Å². The number of Topliss-reactive ketones (excluding diaryl/α,β-unsaturated/α-hetero) is 1. The fraction of sp³-hybridized carbons (Fsp3) is 0.478. The molecule has 5 rings (SSSR count). The van der Waals surface area contributed by atoms with Crippen molar-refractivity contribution < 1.29 is 67.8 Å². The largest absolute Gasteiger partial charge is 0.491 e. The normalized spacial score (nSPS) is 15.9. The van der Waals surface area contributed by atoms with Gasteiger partial charge in [0, 0.05) is 60.4 Å². The maximum atomic E-state index is 13.9. The minimum absolute atomic E-state index is 0.0915. The first-order chi connectivity index (χ1) is 32.4. The Morgan fingerprint density at radius 1 is 0.647 bits per heavy atom. The van der Waals surface area contributed by atoms with E-state index in [2.05, 4.69) is 20.4 Å². The number of carboxylic acids is 3. The van der Waals surface area contributed by atoms with Crippen LogP contribution in [0.15, 0.2) is 54.6 Å². The molecule has 0 saturated carbocycles. The summed E-state index contributed by atoms with van der Waals surface area (Å²) in [5.74, 6) is -10.1. The smallest absolute Gasteiger partial charge is 0.408 e. The van der Waals surface area contributed by atoms with Gasteiger partial charge >= 0.3 is 24.0 Å². The zero-order valence-electron chi connectivity index (χ0n) is 37.7. The SMILES string of the molecule is CC(C)C[C@H](NC(=O)OCc1ccccc1)C(=O)N[C@@H](C)C(=O)O.O=C(O)C(C(=O)C(C(=O)O)c1c(Cl)ccc(OCCN2CCOCC2)c1Cl)c1c(Cl)ccc(OCCN2CCOCC2)c1Cl. The van der Waals surface area contributed by atoms with E-state index in [0.717, 1.165) is 31.7 Å². The van der Waals surface area contributed by atoms with Crippen LogP contribution in [-0.4, -0.2) is 152 Å². The minimum Gasteiger partial charge on any atom is -0.491 e. The highest BCUT2D eigenvalue weighted by atomic mass is 35.5. The van der Waals surface area contributed by atoms with Gasteiger partial charge in [-0.25, -0.2) is 4.79 Å². The fourth-order valence-electron chi connectivity index (χ4n) is 7.00. The lowest BCUT2D eigenvalue weighted by atomic mass is 9.83. The van der Waals surface area contributed by atoms with Gasteiger partial charge in [0.2, 0.25) is 5.91 Å². The third-order valence-electron chi connectivity index (χ3n) is 10.6. The van der Waals surface area contributed by atoms with Crippen molar-refractivity contribution in [3.8, 4) is 11.5 Å². The molecule has 2 fully saturated rings. The summed E-state index contributed by atoms with van der Waals surface area (Å²) in [7, 11) is 0. The van der Waals surface area contributed by atoms with Crippen LogP contribution in [0.5, 0.6) is 11.5 Å². The maximum absolute atomic E-state index is 13.9. The van der Waals surface area contributed by atoms with Crippen molar-refractivity contribution >= 4 is 82.1 Å². The number of carbonyl (C=O) groups is 6. The van der Waals surface area contributed by atoms with Crippen molar-refractivity contribution in [2.24, 2.45) is 5.92 Å². The third-order valence-corrected chi connectivity index (χ3v) is 12.1. The predicted octanol–water partition coefficient (Wildman–Crippen LogP) is 6.24. The minimum atomic E-state index is -2.09. The number of halogens is 4. The van der Waals surface area contributed by atoms with E-state index in [4.69, 9.17) is 75.2 Å². The van der Waals surface area contributed by atoms with Gasteiger partial charge in [0.05, 0.1) is 36.5 Å². The molecule has 5 N–H and O–H groups in total. The van der Waals surface area contributed by atoms with E-state index in [1.54, 1.807) is 0 Å². The van der Waals surface area contributed by atoms with Crippen LogP contribution in [0, 0.1) is 5.92 Å². The van der Waals surface area contributed by atoms with E-state index in [1.807, 2.05) is 44.2 Å². The molecule has 68 heavy (non-hydrogen) atoms. The monoisotopic (exact) mass is 1030 g/mol. The Morgan fingerprint density at radius 3 is 1.51 bits per heavy atom. The lowest BCUT2D eigenvalue weighted by Gasteiger charge is -2.27. The molecule has 0 aliphatic carbocycles. The molecule has 0 spiro atoms. The molecule has 4 atom stereocenters. The second-order valence-electron chi connectivity index (χ2n) is 16.1. The van der Waals surface area contributed by atoms with Crippen LogP contribution < -0.4 is 20.1 Å². The summed E-state index contributed by atoms with van der Waals surface area (Å²) in [6.45, 7) is 12.2. The molecular weight excluding hydrogens is 974 g/mol. The molecule has 0 radical (unpaired) electrons. The summed E-state index contributed by atoms with van der Waals surface area (Å²) in [6.07, 6.45) is -0.346. The van der Waals surface area contributed by atoms with Gasteiger partial charge in [-0.3, -0.25) is 33.8 Å². The van der Waals surface area contributed by atoms with Crippen molar-refractivity contribution in [3.63, 3.8) is 0 Å². The number of aliphatic carboxylic acids is 3. The number of carboxylic acid groups (broad SMARTS) is 3. The highest BCUT2D eigenvalue weighted by molar-refractivity contribution is 6.40. The number of ketones is 1. The van der Waals surface area contributed by atoms with E-state index in [0.29, 0.717) is 45.9 Å². The summed E-state index contributed by atoms with van der Waals surface area (Å²) >= 11 is 25.9. The van der Waals surface area contributed by atoms with Gasteiger partial charge in [-0.05, 0) is 49.1 Å². The Hall–Kier alpha value is -4.92. The van der Waals surface area contributed by atoms with E-state index < -0.39 is 59.6 Å². The molecule has 372 valence electrons. The van der Waals surface area contributed by atoms with Crippen molar-refractivity contribution in [1.82, 2.24) is 20.4 Å². The molecule has 2 aliphatic rings. The fourth-order valence-corrected chi connectivity index (χ4v) is 8.28. The Kier molecular flexibility index (Phi) is 22.9. The van der Waals surface area contributed by atoms with Crippen LogP contribution in [0.2, 0.25) is 20.1 Å². The Bertz CT molecular complexity index is 2090. The van der Waals surface area contributed by atoms with Gasteiger partial charge in [-0.2, -0.15) is 0 Å². The third kappa shape index (κ3) is 16.9. The lowest BCUT2D eigenvalue weighted by Crippen LogP contribution is -2.51. The van der Waals surface area contributed by atoms with Crippen molar-refractivity contribution in [2.75, 3.05) is 78.9 Å². The average molecular weight is 1030 g/mol. The molecule has 22 heteroatoms. The quantitative estimate of drug-likeness (QED) is 0.0700. The van der Waals surface area contributed by atoms with Gasteiger partial charge in [-0.1, -0.05) is 90.6 Å². The molecule has 2 saturated heterocycles. The number of amides is 2. The standard InChI is InChI=1S/C29H32Cl4N2O9.C17H24N2O5/c30-17-1-3-19(43-15-9-34-5-11-41-12-6-34)25(32)21(17)23(28(37)38)27(36)24(29(39)40)22-18(31)2-4-20(26(22)33)44-16-10-35-7-13-42-14-8-35;1-11(2)9-14(15(20)18-12(3)16(21)22)19-17(23)24-10-13-7-5-4-6-8-13/h1-4,23-24H,5-16H2,(H,37,38)(H,39,40);4-8,11-12,14H,9-10H2,1-3H3,(H,18,20)(H,19,23)(H,21,22)/t;12-,14-/m.0/s1. The number of ether oxygens (including phenoxy) is 5. The second-order valence-corrected chi connectivity index (χ2v) is 17.6. The second kappa shape index (κ2) is 27.9. The van der Waals surface area contributed by atoms with Crippen LogP contribution in [0.3, 0.4) is 0 Å². The molecule has 2 unspecified atom stereocenters. The van der Waals surface area contributed by atoms with Crippen LogP contribution in [0.25, 0.3) is 0 Å². The number of nitrogens with one attached hydrogen (secondary N) is 2. The number of hydrogen-bond acceptors (Lipinski definition) is 13. The van der Waals surface area contributed by atoms with Crippen molar-refractivity contribution in [3.05, 3.63) is 91.4 Å². The number of nitrogens with zero attached hydrogens (tertiary/aromatic N) is 2. The summed E-state index contributed by atoms with van der Waals surface area (Å²) in [4.78, 5) is 78.2. The zero-order valence-corrected chi connectivity index (χ0v) is 40.7. The Morgan fingerprint density at radius 2 is 1.10 bits per heavy atom. The van der Waals surface area contributed by atoms with Crippen LogP contribution >= 0.6 is 46.4 Å². The molecule has 2 heterocycles. The Labute approximate surface area is 414 Å². The van der Waals surface area contributed by atoms with Crippen LogP contribution in [0.1, 0.15) is 55.7 Å². The molecule has 0 aromatic heterocycles. The molecule has 3 aromatic carbocycles. The van der Waals surface area contributed by atoms with Gasteiger partial charge in [0.1, 0.15) is 55.2 Å². The topological polar surface area (TPSA) is 240 Å². The number of morpholine rings is 2. The average Bonchev–Trinajstić information content (AvgIpc) is 3.30. The first kappa shape index (κ1) is 55.7. The van der Waals surface area contributed by atoms with Crippen LogP contribution in [0.4, 0.5) is 4.79 Å². The van der Waals surface area contributed by atoms with Gasteiger partial charge in [0.25, 0.3) is 0 Å². The number of alkyl carbamates (subject to hydrolysis) is 1. The first-order valence-electron chi connectivity index (χ1n) is 21.7. The predicted molar refractivity (Wildman–Crippen MR) is 252 cm³/mol. The van der Waals surface area contributed by atoms with Gasteiger partial charge in [-0.15, -0.1) is 0 Å². The summed E-state index contributed by atoms with van der Waals surface area (Å²) in [5.41, 5.74) is 0.231. The summed E-state index contributed by atoms with van der Waals surface area (Å²) in [6, 6.07) is 12.9. The number of benzene rings is 3. The van der Waals surface area contributed by atoms with Gasteiger partial charge < -0.3 is 49.6 Å². The lowest BCUT2D eigenvalue weighted by molar-refractivity contribution is -0.147. The maximum Gasteiger partial charge on any atom is 0.408 e. The molecule has 18 nitrogen and oxygen atoms in total. The molecule has 3 aromatic rings.